The lowest BCUT2D eigenvalue weighted by molar-refractivity contribution is 0.0734. The van der Waals surface area contributed by atoms with Crippen LogP contribution in [0.2, 0.25) is 0 Å². The summed E-state index contributed by atoms with van der Waals surface area (Å²) in [7, 11) is 0. The third-order valence-corrected chi connectivity index (χ3v) is 5.99. The van der Waals surface area contributed by atoms with Crippen LogP contribution in [0.15, 0.2) is 54.6 Å². The van der Waals surface area contributed by atoms with Crippen LogP contribution in [0.1, 0.15) is 74.4 Å². The van der Waals surface area contributed by atoms with E-state index in [1.54, 1.807) is 0 Å². The number of rotatable bonds is 7. The smallest absolute Gasteiger partial charge is 0.343 e. The SMILES string of the molecule is CCc1ccc(OC(=O)c2ccc(C3=CCC(CC(C)CC)CC3)cc2)cc1. The molecule has 0 fully saturated rings. The molecule has 2 heteroatoms. The number of carbonyl (C=O) groups excluding carboxylic acids is 1. The van der Waals surface area contributed by atoms with Gasteiger partial charge in [0.1, 0.15) is 5.75 Å². The van der Waals surface area contributed by atoms with Crippen LogP contribution in [0.25, 0.3) is 5.57 Å². The number of ether oxygens (including phenoxy) is 1. The fraction of sp³-hybridized carbons (Fsp3) is 0.423. The van der Waals surface area contributed by atoms with Gasteiger partial charge in [-0.05, 0) is 84.9 Å². The molecule has 0 saturated heterocycles. The predicted molar refractivity (Wildman–Crippen MR) is 117 cm³/mol. The Hall–Kier alpha value is -2.35. The quantitative estimate of drug-likeness (QED) is 0.381. The first-order valence-electron chi connectivity index (χ1n) is 10.7. The molecule has 0 saturated carbocycles. The summed E-state index contributed by atoms with van der Waals surface area (Å²) in [6.07, 6.45) is 9.57. The van der Waals surface area contributed by atoms with Crippen molar-refractivity contribution >= 4 is 11.5 Å². The molecule has 0 radical (unpaired) electrons. The van der Waals surface area contributed by atoms with Crippen molar-refractivity contribution in [1.29, 1.82) is 0 Å². The van der Waals surface area contributed by atoms with Crippen molar-refractivity contribution in [2.45, 2.75) is 59.3 Å². The van der Waals surface area contributed by atoms with Crippen molar-refractivity contribution in [1.82, 2.24) is 0 Å². The number of esters is 1. The lowest BCUT2D eigenvalue weighted by atomic mass is 9.81. The Labute approximate surface area is 169 Å². The number of benzene rings is 2. The van der Waals surface area contributed by atoms with Crippen LogP contribution in [0.5, 0.6) is 5.75 Å². The summed E-state index contributed by atoms with van der Waals surface area (Å²) in [4.78, 5) is 12.4. The highest BCUT2D eigenvalue weighted by Crippen LogP contribution is 2.34. The predicted octanol–water partition coefficient (Wildman–Crippen LogP) is 7.09. The molecule has 2 aromatic rings. The molecule has 0 spiro atoms. The minimum absolute atomic E-state index is 0.304. The standard InChI is InChI=1S/C26H32O2/c1-4-19(3)18-21-6-10-22(11-7-21)23-12-14-24(15-13-23)26(27)28-25-16-8-20(5-2)9-17-25/h8-10,12-17,19,21H,4-7,11,18H2,1-3H3. The van der Waals surface area contributed by atoms with Gasteiger partial charge < -0.3 is 4.74 Å². The third-order valence-electron chi connectivity index (χ3n) is 5.99. The van der Waals surface area contributed by atoms with E-state index in [4.69, 9.17) is 4.74 Å². The Morgan fingerprint density at radius 1 is 1.07 bits per heavy atom. The molecule has 2 atom stereocenters. The second-order valence-electron chi connectivity index (χ2n) is 8.08. The Balaban J connectivity index is 1.59. The van der Waals surface area contributed by atoms with Crippen molar-refractivity contribution in [2.75, 3.05) is 0 Å². The van der Waals surface area contributed by atoms with Gasteiger partial charge in [0.05, 0.1) is 5.56 Å². The fourth-order valence-electron chi connectivity index (χ4n) is 3.88. The maximum absolute atomic E-state index is 12.4. The zero-order chi connectivity index (χ0) is 19.9. The summed E-state index contributed by atoms with van der Waals surface area (Å²) in [5.74, 6) is 1.94. The van der Waals surface area contributed by atoms with Crippen LogP contribution in [0, 0.1) is 11.8 Å². The second-order valence-corrected chi connectivity index (χ2v) is 8.08. The van der Waals surface area contributed by atoms with Gasteiger partial charge in [0, 0.05) is 0 Å². The summed E-state index contributed by atoms with van der Waals surface area (Å²) >= 11 is 0. The summed E-state index contributed by atoms with van der Waals surface area (Å²) in [5.41, 5.74) is 4.46. The van der Waals surface area contributed by atoms with Crippen LogP contribution in [-0.4, -0.2) is 5.97 Å². The molecule has 0 aliphatic heterocycles. The largest absolute Gasteiger partial charge is 0.423 e. The maximum atomic E-state index is 12.4. The lowest BCUT2D eigenvalue weighted by Gasteiger charge is -2.24. The summed E-state index contributed by atoms with van der Waals surface area (Å²) in [6, 6.07) is 15.6. The topological polar surface area (TPSA) is 26.3 Å². The van der Waals surface area contributed by atoms with Crippen LogP contribution < -0.4 is 4.74 Å². The molecule has 1 aliphatic rings. The van der Waals surface area contributed by atoms with E-state index >= 15 is 0 Å². The highest BCUT2D eigenvalue weighted by atomic mass is 16.5. The van der Waals surface area contributed by atoms with Crippen molar-refractivity contribution in [3.63, 3.8) is 0 Å². The van der Waals surface area contributed by atoms with E-state index in [9.17, 15) is 4.79 Å². The van der Waals surface area contributed by atoms with Gasteiger partial charge in [-0.1, -0.05) is 57.5 Å². The number of hydrogen-bond acceptors (Lipinski definition) is 2. The van der Waals surface area contributed by atoms with Crippen LogP contribution >= 0.6 is 0 Å². The molecule has 0 bridgehead atoms. The van der Waals surface area contributed by atoms with Gasteiger partial charge in [0.25, 0.3) is 0 Å². The van der Waals surface area contributed by atoms with Crippen molar-refractivity contribution in [3.8, 4) is 5.75 Å². The molecular formula is C26H32O2. The first-order chi connectivity index (χ1) is 13.6. The summed E-state index contributed by atoms with van der Waals surface area (Å²) < 4.78 is 5.49. The minimum atomic E-state index is -0.304. The van der Waals surface area contributed by atoms with E-state index in [1.165, 1.54) is 42.4 Å². The molecule has 0 heterocycles. The maximum Gasteiger partial charge on any atom is 0.343 e. The van der Waals surface area contributed by atoms with Gasteiger partial charge in [0.15, 0.2) is 0 Å². The number of carbonyl (C=O) groups is 1. The molecule has 2 aromatic carbocycles. The molecule has 2 unspecified atom stereocenters. The second kappa shape index (κ2) is 9.73. The van der Waals surface area contributed by atoms with E-state index < -0.39 is 0 Å². The molecule has 0 N–H and O–H groups in total. The monoisotopic (exact) mass is 376 g/mol. The molecule has 2 nitrogen and oxygen atoms in total. The van der Waals surface area contributed by atoms with Gasteiger partial charge in [-0.25, -0.2) is 4.79 Å². The zero-order valence-electron chi connectivity index (χ0n) is 17.4. The Morgan fingerprint density at radius 3 is 2.36 bits per heavy atom. The third kappa shape index (κ3) is 5.34. The normalized spacial score (nSPS) is 17.7. The molecule has 148 valence electrons. The van der Waals surface area contributed by atoms with Crippen LogP contribution in [-0.2, 0) is 6.42 Å². The first-order valence-corrected chi connectivity index (χ1v) is 10.7. The highest BCUT2D eigenvalue weighted by molar-refractivity contribution is 5.91. The van der Waals surface area contributed by atoms with Gasteiger partial charge in [0.2, 0.25) is 0 Å². The van der Waals surface area contributed by atoms with Crippen LogP contribution in [0.4, 0.5) is 0 Å². The highest BCUT2D eigenvalue weighted by Gasteiger charge is 2.18. The summed E-state index contributed by atoms with van der Waals surface area (Å²) in [6.45, 7) is 6.74. The van der Waals surface area contributed by atoms with Gasteiger partial charge >= 0.3 is 5.97 Å². The Morgan fingerprint density at radius 2 is 1.79 bits per heavy atom. The molecule has 28 heavy (non-hydrogen) atoms. The van der Waals surface area contributed by atoms with E-state index in [2.05, 4.69) is 39.0 Å². The fourth-order valence-corrected chi connectivity index (χ4v) is 3.88. The molecule has 3 rings (SSSR count). The lowest BCUT2D eigenvalue weighted by Crippen LogP contribution is -2.10. The molecular weight excluding hydrogens is 344 g/mol. The van der Waals surface area contributed by atoms with Crippen molar-refractivity contribution < 1.29 is 9.53 Å². The van der Waals surface area contributed by atoms with Crippen molar-refractivity contribution in [3.05, 3.63) is 71.3 Å². The van der Waals surface area contributed by atoms with E-state index in [0.717, 1.165) is 24.7 Å². The van der Waals surface area contributed by atoms with Gasteiger partial charge in [-0.15, -0.1) is 0 Å². The van der Waals surface area contributed by atoms with E-state index in [0.29, 0.717) is 11.3 Å². The minimum Gasteiger partial charge on any atom is -0.423 e. The zero-order valence-corrected chi connectivity index (χ0v) is 17.4. The number of aryl methyl sites for hydroxylation is 1. The van der Waals surface area contributed by atoms with E-state index in [1.807, 2.05) is 36.4 Å². The first kappa shape index (κ1) is 20.4. The van der Waals surface area contributed by atoms with Crippen molar-refractivity contribution in [2.24, 2.45) is 11.8 Å². The Bertz CT molecular complexity index is 799. The summed E-state index contributed by atoms with van der Waals surface area (Å²) in [5, 5.41) is 0. The average molecular weight is 377 g/mol. The Kier molecular flexibility index (Phi) is 7.08. The van der Waals surface area contributed by atoms with E-state index in [-0.39, 0.29) is 5.97 Å². The number of allylic oxidation sites excluding steroid dienone is 2. The molecule has 0 aromatic heterocycles. The number of hydrogen-bond donors (Lipinski definition) is 0. The van der Waals surface area contributed by atoms with Gasteiger partial charge in [-0.2, -0.15) is 0 Å². The van der Waals surface area contributed by atoms with Gasteiger partial charge in [-0.3, -0.25) is 0 Å². The van der Waals surface area contributed by atoms with Crippen LogP contribution in [0.3, 0.4) is 0 Å². The average Bonchev–Trinajstić information content (AvgIpc) is 2.75. The molecule has 1 aliphatic carbocycles. The molecule has 0 amide bonds.